The Hall–Kier alpha value is -1.27. The maximum Gasteiger partial charge on any atom is 0.242 e. The minimum absolute atomic E-state index is 0.0395. The number of halogens is 2. The zero-order chi connectivity index (χ0) is 15.5. The fraction of sp³-hybridized carbons (Fsp3) is 0.143. The van der Waals surface area contributed by atoms with Gasteiger partial charge in [-0.25, -0.2) is 13.1 Å². The average molecular weight is 346 g/mol. The van der Waals surface area contributed by atoms with Crippen LogP contribution in [0.25, 0.3) is 0 Å². The molecule has 21 heavy (non-hydrogen) atoms. The summed E-state index contributed by atoms with van der Waals surface area (Å²) in [5, 5.41) is 9.60. The molecule has 2 aromatic rings. The van der Waals surface area contributed by atoms with Crippen molar-refractivity contribution in [3.05, 3.63) is 58.1 Å². The maximum atomic E-state index is 12.2. The summed E-state index contributed by atoms with van der Waals surface area (Å²) in [6, 6.07) is 10.9. The van der Waals surface area contributed by atoms with Crippen molar-refractivity contribution in [2.24, 2.45) is 0 Å². The topological polar surface area (TPSA) is 66.4 Å². The van der Waals surface area contributed by atoms with Gasteiger partial charge in [0.1, 0.15) is 10.6 Å². The second-order valence-corrected chi connectivity index (χ2v) is 6.97. The van der Waals surface area contributed by atoms with E-state index in [4.69, 9.17) is 23.2 Å². The monoisotopic (exact) mass is 345 g/mol. The molecular formula is C14H13Cl2NO3S. The van der Waals surface area contributed by atoms with Gasteiger partial charge < -0.3 is 5.11 Å². The number of rotatable bonds is 5. The van der Waals surface area contributed by atoms with Gasteiger partial charge in [-0.15, -0.1) is 0 Å². The summed E-state index contributed by atoms with van der Waals surface area (Å²) < 4.78 is 26.8. The Bertz CT molecular complexity index is 730. The van der Waals surface area contributed by atoms with E-state index in [1.807, 2.05) is 0 Å². The number of hydrogen-bond acceptors (Lipinski definition) is 3. The lowest BCUT2D eigenvalue weighted by molar-refractivity contribution is 0.475. The highest BCUT2D eigenvalue weighted by Gasteiger charge is 2.17. The standard InChI is InChI=1S/C14H13Cl2NO3S/c15-11-3-6-13(16)14(9-11)21(19,20)17-8-7-10-1-4-12(18)5-2-10/h1-6,9,17-18H,7-8H2. The van der Waals surface area contributed by atoms with Crippen molar-refractivity contribution in [2.75, 3.05) is 6.54 Å². The molecule has 0 fully saturated rings. The number of sulfonamides is 1. The summed E-state index contributed by atoms with van der Waals surface area (Å²) in [6.07, 6.45) is 0.498. The Labute approximate surface area is 133 Å². The van der Waals surface area contributed by atoms with Crippen LogP contribution in [-0.4, -0.2) is 20.1 Å². The number of benzene rings is 2. The molecule has 4 nitrogen and oxygen atoms in total. The first-order valence-electron chi connectivity index (χ1n) is 6.11. The molecule has 0 saturated heterocycles. The molecule has 0 aliphatic carbocycles. The summed E-state index contributed by atoms with van der Waals surface area (Å²) in [4.78, 5) is -0.0395. The van der Waals surface area contributed by atoms with Crippen LogP contribution in [-0.2, 0) is 16.4 Å². The van der Waals surface area contributed by atoms with Gasteiger partial charge in [-0.05, 0) is 42.3 Å². The highest BCUT2D eigenvalue weighted by atomic mass is 35.5. The molecule has 0 spiro atoms. The molecule has 0 atom stereocenters. The summed E-state index contributed by atoms with van der Waals surface area (Å²) in [7, 11) is -3.71. The van der Waals surface area contributed by atoms with Crippen molar-refractivity contribution in [3.63, 3.8) is 0 Å². The summed E-state index contributed by atoms with van der Waals surface area (Å²) in [5.41, 5.74) is 0.910. The van der Waals surface area contributed by atoms with Gasteiger partial charge in [0.15, 0.2) is 0 Å². The zero-order valence-corrected chi connectivity index (χ0v) is 13.2. The first-order valence-corrected chi connectivity index (χ1v) is 8.35. The smallest absolute Gasteiger partial charge is 0.242 e. The Morgan fingerprint density at radius 1 is 1.05 bits per heavy atom. The predicted octanol–water partition coefficient (Wildman–Crippen LogP) is 3.22. The van der Waals surface area contributed by atoms with Crippen LogP contribution < -0.4 is 4.72 Å². The van der Waals surface area contributed by atoms with Gasteiger partial charge in [-0.3, -0.25) is 0 Å². The van der Waals surface area contributed by atoms with E-state index < -0.39 is 10.0 Å². The first kappa shape index (κ1) is 16.1. The highest BCUT2D eigenvalue weighted by molar-refractivity contribution is 7.89. The second kappa shape index (κ2) is 6.66. The van der Waals surface area contributed by atoms with E-state index in [1.54, 1.807) is 24.3 Å². The lowest BCUT2D eigenvalue weighted by atomic mass is 10.1. The third-order valence-electron chi connectivity index (χ3n) is 2.82. The van der Waals surface area contributed by atoms with E-state index in [9.17, 15) is 13.5 Å². The van der Waals surface area contributed by atoms with Crippen LogP contribution in [0.1, 0.15) is 5.56 Å². The molecule has 2 rings (SSSR count). The number of hydrogen-bond donors (Lipinski definition) is 2. The van der Waals surface area contributed by atoms with Crippen molar-refractivity contribution in [3.8, 4) is 5.75 Å². The second-order valence-electron chi connectivity index (χ2n) is 4.39. The molecule has 0 aliphatic heterocycles. The van der Waals surface area contributed by atoms with E-state index in [0.29, 0.717) is 11.4 Å². The Morgan fingerprint density at radius 2 is 1.71 bits per heavy atom. The molecule has 2 N–H and O–H groups in total. The van der Waals surface area contributed by atoms with Gasteiger partial charge in [0.25, 0.3) is 0 Å². The van der Waals surface area contributed by atoms with E-state index >= 15 is 0 Å². The van der Waals surface area contributed by atoms with E-state index in [-0.39, 0.29) is 22.2 Å². The SMILES string of the molecule is O=S(=O)(NCCc1ccc(O)cc1)c1cc(Cl)ccc1Cl. The molecule has 0 aromatic heterocycles. The van der Waals surface area contributed by atoms with Gasteiger partial charge in [0, 0.05) is 11.6 Å². The molecule has 0 heterocycles. The van der Waals surface area contributed by atoms with Gasteiger partial charge in [-0.2, -0.15) is 0 Å². The van der Waals surface area contributed by atoms with Crippen LogP contribution in [0.2, 0.25) is 10.0 Å². The predicted molar refractivity (Wildman–Crippen MR) is 83.5 cm³/mol. The van der Waals surface area contributed by atoms with Crippen molar-refractivity contribution < 1.29 is 13.5 Å². The summed E-state index contributed by atoms with van der Waals surface area (Å²) >= 11 is 11.7. The van der Waals surface area contributed by atoms with Gasteiger partial charge in [0.05, 0.1) is 5.02 Å². The molecule has 112 valence electrons. The van der Waals surface area contributed by atoms with Crippen LogP contribution in [0.4, 0.5) is 0 Å². The maximum absolute atomic E-state index is 12.2. The summed E-state index contributed by atoms with van der Waals surface area (Å²) in [6.45, 7) is 0.218. The molecule has 0 amide bonds. The Balaban J connectivity index is 2.04. The first-order chi connectivity index (χ1) is 9.88. The molecule has 7 heteroatoms. The average Bonchev–Trinajstić information content (AvgIpc) is 2.43. The van der Waals surface area contributed by atoms with Gasteiger partial charge >= 0.3 is 0 Å². The quantitative estimate of drug-likeness (QED) is 0.874. The molecule has 0 aliphatic rings. The van der Waals surface area contributed by atoms with E-state index in [1.165, 1.54) is 18.2 Å². The number of phenols is 1. The molecule has 0 saturated carbocycles. The van der Waals surface area contributed by atoms with Crippen LogP contribution in [0.15, 0.2) is 47.4 Å². The third-order valence-corrected chi connectivity index (χ3v) is 5.00. The summed E-state index contributed by atoms with van der Waals surface area (Å²) in [5.74, 6) is 0.171. The van der Waals surface area contributed by atoms with E-state index in [0.717, 1.165) is 5.56 Å². The van der Waals surface area contributed by atoms with Crippen molar-refractivity contribution >= 4 is 33.2 Å². The van der Waals surface area contributed by atoms with Crippen LogP contribution in [0.5, 0.6) is 5.75 Å². The number of phenolic OH excluding ortho intramolecular Hbond substituents is 1. The molecule has 0 radical (unpaired) electrons. The molecule has 0 bridgehead atoms. The van der Waals surface area contributed by atoms with Gasteiger partial charge in [0.2, 0.25) is 10.0 Å². The zero-order valence-electron chi connectivity index (χ0n) is 10.9. The van der Waals surface area contributed by atoms with Crippen molar-refractivity contribution in [1.29, 1.82) is 0 Å². The van der Waals surface area contributed by atoms with Crippen LogP contribution in [0.3, 0.4) is 0 Å². The normalized spacial score (nSPS) is 11.5. The van der Waals surface area contributed by atoms with Crippen molar-refractivity contribution in [2.45, 2.75) is 11.3 Å². The lowest BCUT2D eigenvalue weighted by Crippen LogP contribution is -2.26. The molecule has 2 aromatic carbocycles. The fourth-order valence-corrected chi connectivity index (χ4v) is 3.55. The largest absolute Gasteiger partial charge is 0.508 e. The third kappa shape index (κ3) is 4.35. The van der Waals surface area contributed by atoms with Crippen LogP contribution in [0, 0.1) is 0 Å². The van der Waals surface area contributed by atoms with Gasteiger partial charge in [-0.1, -0.05) is 35.3 Å². The minimum atomic E-state index is -3.71. The van der Waals surface area contributed by atoms with Crippen molar-refractivity contribution in [1.82, 2.24) is 4.72 Å². The molecular weight excluding hydrogens is 333 g/mol. The Kier molecular flexibility index (Phi) is 5.11. The fourth-order valence-electron chi connectivity index (χ4n) is 1.75. The number of nitrogens with one attached hydrogen (secondary N) is 1. The van der Waals surface area contributed by atoms with E-state index in [2.05, 4.69) is 4.72 Å². The lowest BCUT2D eigenvalue weighted by Gasteiger charge is -2.09. The number of aromatic hydroxyl groups is 1. The molecule has 0 unspecified atom stereocenters. The Morgan fingerprint density at radius 3 is 2.38 bits per heavy atom. The highest BCUT2D eigenvalue weighted by Crippen LogP contribution is 2.24. The minimum Gasteiger partial charge on any atom is -0.508 e. The van der Waals surface area contributed by atoms with Crippen LogP contribution >= 0.6 is 23.2 Å².